The summed E-state index contributed by atoms with van der Waals surface area (Å²) in [6.45, 7) is 2.34. The van der Waals surface area contributed by atoms with Crippen molar-refractivity contribution in [1.82, 2.24) is 14.7 Å². The van der Waals surface area contributed by atoms with Crippen molar-refractivity contribution in [3.8, 4) is 5.69 Å². The minimum Gasteiger partial charge on any atom is -0.292 e. The number of aryl methyl sites for hydroxylation is 1. The second kappa shape index (κ2) is 5.62. The van der Waals surface area contributed by atoms with Crippen molar-refractivity contribution in [2.45, 2.75) is 6.92 Å². The molecular formula is C15H15N5O. The highest BCUT2D eigenvalue weighted by molar-refractivity contribution is 5.90. The zero-order valence-corrected chi connectivity index (χ0v) is 11.6. The second-order valence-corrected chi connectivity index (χ2v) is 4.68. The number of aliphatic imine (C=N–C) groups is 1. The van der Waals surface area contributed by atoms with Crippen molar-refractivity contribution in [3.63, 3.8) is 0 Å². The van der Waals surface area contributed by atoms with E-state index in [9.17, 15) is 4.79 Å². The third-order valence-electron chi connectivity index (χ3n) is 3.08. The fourth-order valence-electron chi connectivity index (χ4n) is 2.06. The highest BCUT2D eigenvalue weighted by Gasteiger charge is 2.14. The predicted octanol–water partition coefficient (Wildman–Crippen LogP) is 2.57. The van der Waals surface area contributed by atoms with Gasteiger partial charge in [0, 0.05) is 18.5 Å². The molecule has 0 fully saturated rings. The van der Waals surface area contributed by atoms with Gasteiger partial charge in [0.15, 0.2) is 0 Å². The Morgan fingerprint density at radius 1 is 1.33 bits per heavy atom. The summed E-state index contributed by atoms with van der Waals surface area (Å²) in [4.78, 5) is 17.7. The number of rotatable bonds is 2. The first-order valence-electron chi connectivity index (χ1n) is 6.59. The van der Waals surface area contributed by atoms with E-state index in [1.807, 2.05) is 31.2 Å². The van der Waals surface area contributed by atoms with Gasteiger partial charge in [-0.1, -0.05) is 12.1 Å². The van der Waals surface area contributed by atoms with Crippen molar-refractivity contribution in [1.29, 1.82) is 0 Å². The molecule has 106 valence electrons. The first-order chi connectivity index (χ1) is 10.2. The van der Waals surface area contributed by atoms with Gasteiger partial charge in [0.1, 0.15) is 12.5 Å². The Labute approximate surface area is 122 Å². The van der Waals surface area contributed by atoms with E-state index in [1.54, 1.807) is 35.4 Å². The molecule has 0 bridgehead atoms. The Morgan fingerprint density at radius 3 is 3.00 bits per heavy atom. The van der Waals surface area contributed by atoms with Crippen LogP contribution in [-0.2, 0) is 0 Å². The molecule has 1 aromatic heterocycles. The summed E-state index contributed by atoms with van der Waals surface area (Å²) in [7, 11) is 0. The lowest BCUT2D eigenvalue weighted by Crippen LogP contribution is -2.32. The molecule has 1 aromatic carbocycles. The third-order valence-corrected chi connectivity index (χ3v) is 3.08. The molecule has 1 aliphatic rings. The smallest absolute Gasteiger partial charge is 0.292 e. The molecule has 1 aliphatic heterocycles. The van der Waals surface area contributed by atoms with E-state index < -0.39 is 0 Å². The van der Waals surface area contributed by atoms with Gasteiger partial charge in [-0.2, -0.15) is 5.10 Å². The minimum atomic E-state index is -0.238. The minimum absolute atomic E-state index is 0.238. The van der Waals surface area contributed by atoms with Crippen LogP contribution in [0.3, 0.4) is 0 Å². The number of urea groups is 1. The van der Waals surface area contributed by atoms with Crippen LogP contribution in [0.15, 0.2) is 53.8 Å². The molecule has 0 aliphatic carbocycles. The molecule has 21 heavy (non-hydrogen) atoms. The van der Waals surface area contributed by atoms with Crippen molar-refractivity contribution in [3.05, 3.63) is 54.4 Å². The topological polar surface area (TPSA) is 62.5 Å². The lowest BCUT2D eigenvalue weighted by atomic mass is 10.2. The van der Waals surface area contributed by atoms with Gasteiger partial charge >= 0.3 is 6.03 Å². The zero-order valence-electron chi connectivity index (χ0n) is 11.6. The fourth-order valence-corrected chi connectivity index (χ4v) is 2.06. The maximum absolute atomic E-state index is 12.2. The monoisotopic (exact) mass is 281 g/mol. The van der Waals surface area contributed by atoms with Crippen LogP contribution in [0.5, 0.6) is 0 Å². The number of hydrogen-bond acceptors (Lipinski definition) is 3. The van der Waals surface area contributed by atoms with Crippen LogP contribution in [0.25, 0.3) is 5.69 Å². The molecule has 6 nitrogen and oxygen atoms in total. The van der Waals surface area contributed by atoms with Crippen LogP contribution < -0.4 is 5.32 Å². The summed E-state index contributed by atoms with van der Waals surface area (Å²) in [6, 6.07) is 9.45. The van der Waals surface area contributed by atoms with Gasteiger partial charge in [-0.15, -0.1) is 0 Å². The van der Waals surface area contributed by atoms with E-state index in [0.717, 1.165) is 11.3 Å². The first-order valence-corrected chi connectivity index (χ1v) is 6.59. The molecule has 0 saturated carbocycles. The third kappa shape index (κ3) is 2.84. The van der Waals surface area contributed by atoms with Crippen LogP contribution in [-0.4, -0.2) is 33.6 Å². The maximum atomic E-state index is 12.2. The lowest BCUT2D eigenvalue weighted by Gasteiger charge is -2.18. The number of anilines is 1. The van der Waals surface area contributed by atoms with Crippen LogP contribution in [0.1, 0.15) is 5.56 Å². The first kappa shape index (κ1) is 13.1. The average molecular weight is 281 g/mol. The molecule has 6 heteroatoms. The number of allylic oxidation sites excluding steroid dienone is 1. The van der Waals surface area contributed by atoms with Crippen LogP contribution >= 0.6 is 0 Å². The Morgan fingerprint density at radius 2 is 2.24 bits per heavy atom. The van der Waals surface area contributed by atoms with E-state index in [4.69, 9.17) is 0 Å². The summed E-state index contributed by atoms with van der Waals surface area (Å²) in [5, 5.41) is 7.10. The van der Waals surface area contributed by atoms with Gasteiger partial charge < -0.3 is 0 Å². The van der Waals surface area contributed by atoms with Gasteiger partial charge in [0.2, 0.25) is 0 Å². The molecular weight excluding hydrogens is 266 g/mol. The molecule has 2 amide bonds. The Hall–Kier alpha value is -2.89. The number of amides is 2. The largest absolute Gasteiger partial charge is 0.328 e. The summed E-state index contributed by atoms with van der Waals surface area (Å²) >= 11 is 0. The van der Waals surface area contributed by atoms with Crippen molar-refractivity contribution >= 4 is 18.1 Å². The van der Waals surface area contributed by atoms with Gasteiger partial charge in [-0.25, -0.2) is 9.48 Å². The molecule has 2 aromatic rings. The van der Waals surface area contributed by atoms with Crippen molar-refractivity contribution in [2.24, 2.45) is 4.99 Å². The number of nitrogens with zero attached hydrogens (tertiary/aromatic N) is 4. The number of nitrogens with one attached hydrogen (secondary N) is 1. The molecule has 1 N–H and O–H groups in total. The molecule has 0 atom stereocenters. The van der Waals surface area contributed by atoms with Gasteiger partial charge in [0.25, 0.3) is 0 Å². The standard InChI is InChI=1S/C15H15N5O/c1-12-4-2-5-13(10-12)20-14(6-8-17-20)18-15(21)19-9-3-7-16-11-19/h2-10H,11H2,1H3,(H,18,21). The number of hydrogen-bond donors (Lipinski definition) is 1. The maximum Gasteiger partial charge on any atom is 0.328 e. The summed E-state index contributed by atoms with van der Waals surface area (Å²) < 4.78 is 1.70. The van der Waals surface area contributed by atoms with E-state index in [2.05, 4.69) is 15.4 Å². The van der Waals surface area contributed by atoms with Crippen LogP contribution in [0.4, 0.5) is 10.6 Å². The fraction of sp³-hybridized carbons (Fsp3) is 0.133. The molecule has 0 spiro atoms. The summed E-state index contributed by atoms with van der Waals surface area (Å²) in [6.07, 6.45) is 6.74. The molecule has 0 saturated heterocycles. The van der Waals surface area contributed by atoms with Crippen LogP contribution in [0, 0.1) is 6.92 Å². The van der Waals surface area contributed by atoms with E-state index >= 15 is 0 Å². The molecule has 0 unspecified atom stereocenters. The second-order valence-electron chi connectivity index (χ2n) is 4.68. The van der Waals surface area contributed by atoms with Crippen molar-refractivity contribution in [2.75, 3.05) is 12.0 Å². The van der Waals surface area contributed by atoms with Gasteiger partial charge in [0.05, 0.1) is 11.9 Å². The van der Waals surface area contributed by atoms with Crippen molar-refractivity contribution < 1.29 is 4.79 Å². The summed E-state index contributed by atoms with van der Waals surface area (Å²) in [5.74, 6) is 0.619. The predicted molar refractivity (Wildman–Crippen MR) is 81.7 cm³/mol. The highest BCUT2D eigenvalue weighted by Crippen LogP contribution is 2.16. The molecule has 0 radical (unpaired) electrons. The Kier molecular flexibility index (Phi) is 3.51. The normalized spacial score (nSPS) is 13.5. The number of benzene rings is 1. The quantitative estimate of drug-likeness (QED) is 0.919. The SMILES string of the molecule is Cc1cccc(-n2nccc2NC(=O)N2C=CC=NC2)c1. The average Bonchev–Trinajstić information content (AvgIpc) is 2.96. The van der Waals surface area contributed by atoms with Gasteiger partial charge in [-0.3, -0.25) is 15.2 Å². The molecule has 2 heterocycles. The number of carbonyl (C=O) groups is 1. The van der Waals surface area contributed by atoms with E-state index in [0.29, 0.717) is 12.5 Å². The lowest BCUT2D eigenvalue weighted by molar-refractivity contribution is 0.229. The highest BCUT2D eigenvalue weighted by atomic mass is 16.2. The number of carbonyl (C=O) groups excluding carboxylic acids is 1. The Bertz CT molecular complexity index is 716. The van der Waals surface area contributed by atoms with Crippen LogP contribution in [0.2, 0.25) is 0 Å². The van der Waals surface area contributed by atoms with E-state index in [-0.39, 0.29) is 6.03 Å². The zero-order chi connectivity index (χ0) is 14.7. The Balaban J connectivity index is 1.81. The number of aromatic nitrogens is 2. The van der Waals surface area contributed by atoms with E-state index in [1.165, 1.54) is 4.90 Å². The summed E-state index contributed by atoms with van der Waals surface area (Å²) in [5.41, 5.74) is 2.04. The molecule has 3 rings (SSSR count). The van der Waals surface area contributed by atoms with Gasteiger partial charge in [-0.05, 0) is 30.7 Å².